The minimum atomic E-state index is 0.604. The molecule has 0 spiro atoms. The van der Waals surface area contributed by atoms with Gasteiger partial charge in [-0.1, -0.05) is 12.1 Å². The van der Waals surface area contributed by atoms with E-state index in [-0.39, 0.29) is 0 Å². The van der Waals surface area contributed by atoms with E-state index < -0.39 is 0 Å². The Bertz CT molecular complexity index is 843. The van der Waals surface area contributed by atoms with Gasteiger partial charge in [-0.15, -0.1) is 0 Å². The van der Waals surface area contributed by atoms with E-state index in [0.717, 1.165) is 48.1 Å². The van der Waals surface area contributed by atoms with Gasteiger partial charge in [0.2, 0.25) is 0 Å². The van der Waals surface area contributed by atoms with Crippen molar-refractivity contribution in [2.24, 2.45) is 5.92 Å². The Hall–Kier alpha value is -2.40. The molecule has 0 saturated carbocycles. The quantitative estimate of drug-likeness (QED) is 0.763. The standard InChI is InChI=1S/C18H19N5/c1-2-14(15-4-5-20-16(15)3-1)17-8-19-9-18(22-17)23-10-12-6-13(11-23)21-7-12/h1-5,8-9,12-13,20-21H,6-7,10-11H2/t12-,13+/m1/s1. The summed E-state index contributed by atoms with van der Waals surface area (Å²) in [5.41, 5.74) is 3.21. The maximum Gasteiger partial charge on any atom is 0.147 e. The highest BCUT2D eigenvalue weighted by atomic mass is 15.2. The zero-order valence-corrected chi connectivity index (χ0v) is 12.9. The van der Waals surface area contributed by atoms with Gasteiger partial charge in [0.05, 0.1) is 18.1 Å². The van der Waals surface area contributed by atoms with Crippen LogP contribution < -0.4 is 10.2 Å². The molecule has 2 N–H and O–H groups in total. The van der Waals surface area contributed by atoms with E-state index in [4.69, 9.17) is 4.98 Å². The fourth-order valence-corrected chi connectivity index (χ4v) is 3.97. The fourth-order valence-electron chi connectivity index (χ4n) is 3.97. The Morgan fingerprint density at radius 2 is 2.13 bits per heavy atom. The Morgan fingerprint density at radius 1 is 1.13 bits per heavy atom. The molecule has 1 aromatic carbocycles. The number of hydrogen-bond donors (Lipinski definition) is 2. The second-order valence-corrected chi connectivity index (χ2v) is 6.62. The molecule has 5 nitrogen and oxygen atoms in total. The Balaban J connectivity index is 1.54. The summed E-state index contributed by atoms with van der Waals surface area (Å²) < 4.78 is 0. The van der Waals surface area contributed by atoms with Crippen LogP contribution in [0.25, 0.3) is 22.2 Å². The number of nitrogens with zero attached hydrogens (tertiary/aromatic N) is 3. The van der Waals surface area contributed by atoms with Gasteiger partial charge >= 0.3 is 0 Å². The molecule has 0 unspecified atom stereocenters. The average Bonchev–Trinajstić information content (AvgIpc) is 3.20. The molecule has 23 heavy (non-hydrogen) atoms. The largest absolute Gasteiger partial charge is 0.361 e. The molecule has 0 radical (unpaired) electrons. The first-order valence-corrected chi connectivity index (χ1v) is 8.24. The highest BCUT2D eigenvalue weighted by Crippen LogP contribution is 2.29. The highest BCUT2D eigenvalue weighted by molar-refractivity contribution is 5.94. The van der Waals surface area contributed by atoms with E-state index >= 15 is 0 Å². The van der Waals surface area contributed by atoms with Crippen LogP contribution in [0.4, 0.5) is 5.82 Å². The maximum absolute atomic E-state index is 4.91. The molecule has 2 atom stereocenters. The number of anilines is 1. The third-order valence-corrected chi connectivity index (χ3v) is 5.05. The smallest absolute Gasteiger partial charge is 0.147 e. The number of hydrogen-bond acceptors (Lipinski definition) is 4. The minimum Gasteiger partial charge on any atom is -0.361 e. The van der Waals surface area contributed by atoms with Gasteiger partial charge in [-0.2, -0.15) is 0 Å². The second-order valence-electron chi connectivity index (χ2n) is 6.62. The van der Waals surface area contributed by atoms with Crippen LogP contribution in [0.1, 0.15) is 6.42 Å². The zero-order chi connectivity index (χ0) is 15.2. The minimum absolute atomic E-state index is 0.604. The van der Waals surface area contributed by atoms with Crippen molar-refractivity contribution in [3.63, 3.8) is 0 Å². The Morgan fingerprint density at radius 3 is 3.09 bits per heavy atom. The molecule has 2 aliphatic rings. The maximum atomic E-state index is 4.91. The normalized spacial score (nSPS) is 23.6. The van der Waals surface area contributed by atoms with E-state index in [2.05, 4.69) is 44.5 Å². The Labute approximate surface area is 134 Å². The fraction of sp³-hybridized carbons (Fsp3) is 0.333. The summed E-state index contributed by atoms with van der Waals surface area (Å²) >= 11 is 0. The molecule has 2 fully saturated rings. The van der Waals surface area contributed by atoms with Crippen molar-refractivity contribution in [1.82, 2.24) is 20.3 Å². The number of piperidine rings is 1. The van der Waals surface area contributed by atoms with Crippen LogP contribution in [0.2, 0.25) is 0 Å². The van der Waals surface area contributed by atoms with Crippen LogP contribution in [0.3, 0.4) is 0 Å². The van der Waals surface area contributed by atoms with E-state index in [0.29, 0.717) is 6.04 Å². The number of aromatic amines is 1. The van der Waals surface area contributed by atoms with Crippen LogP contribution in [0, 0.1) is 5.92 Å². The van der Waals surface area contributed by atoms with Crippen LogP contribution in [0.15, 0.2) is 42.9 Å². The molecule has 2 aliphatic heterocycles. The van der Waals surface area contributed by atoms with Crippen molar-refractivity contribution in [2.75, 3.05) is 24.5 Å². The summed E-state index contributed by atoms with van der Waals surface area (Å²) in [7, 11) is 0. The lowest BCUT2D eigenvalue weighted by Gasteiger charge is -2.31. The third kappa shape index (κ3) is 2.19. The molecule has 0 aliphatic carbocycles. The van der Waals surface area contributed by atoms with E-state index in [1.807, 2.05) is 18.6 Å². The SMILES string of the molecule is c1cc(-c2cncc(N3C[C@H]4CN[C@@H](C4)C3)n2)c2cc[nH]c2c1. The predicted octanol–water partition coefficient (Wildman–Crippen LogP) is 2.42. The van der Waals surface area contributed by atoms with Crippen LogP contribution in [-0.2, 0) is 0 Å². The van der Waals surface area contributed by atoms with Crippen LogP contribution in [-0.4, -0.2) is 40.6 Å². The summed E-state index contributed by atoms with van der Waals surface area (Å²) in [5, 5.41) is 4.79. The lowest BCUT2D eigenvalue weighted by Crippen LogP contribution is -2.41. The highest BCUT2D eigenvalue weighted by Gasteiger charge is 2.33. The number of nitrogens with one attached hydrogen (secondary N) is 2. The van der Waals surface area contributed by atoms with E-state index in [9.17, 15) is 0 Å². The number of fused-ring (bicyclic) bond motifs is 3. The van der Waals surface area contributed by atoms with Crippen molar-refractivity contribution in [3.05, 3.63) is 42.9 Å². The number of benzene rings is 1. The van der Waals surface area contributed by atoms with Gasteiger partial charge < -0.3 is 15.2 Å². The molecule has 3 aromatic rings. The summed E-state index contributed by atoms with van der Waals surface area (Å²) in [6, 6.07) is 8.97. The van der Waals surface area contributed by atoms with Gasteiger partial charge in [-0.3, -0.25) is 4.98 Å². The number of rotatable bonds is 2. The monoisotopic (exact) mass is 305 g/mol. The molecule has 2 bridgehead atoms. The first-order valence-electron chi connectivity index (χ1n) is 8.24. The van der Waals surface area contributed by atoms with Crippen LogP contribution >= 0.6 is 0 Å². The van der Waals surface area contributed by atoms with Crippen molar-refractivity contribution >= 4 is 16.7 Å². The molecule has 0 amide bonds. The van der Waals surface area contributed by atoms with Gasteiger partial charge in [-0.25, -0.2) is 4.98 Å². The molecule has 5 rings (SSSR count). The lowest BCUT2D eigenvalue weighted by atomic mass is 10.0. The van der Waals surface area contributed by atoms with Gasteiger partial charge in [0.15, 0.2) is 0 Å². The summed E-state index contributed by atoms with van der Waals surface area (Å²) in [6.45, 7) is 3.25. The summed E-state index contributed by atoms with van der Waals surface area (Å²) in [4.78, 5) is 15.0. The van der Waals surface area contributed by atoms with Gasteiger partial charge in [0, 0.05) is 48.3 Å². The van der Waals surface area contributed by atoms with Crippen molar-refractivity contribution in [1.29, 1.82) is 0 Å². The third-order valence-electron chi connectivity index (χ3n) is 5.05. The van der Waals surface area contributed by atoms with Crippen molar-refractivity contribution in [2.45, 2.75) is 12.5 Å². The molecular weight excluding hydrogens is 286 g/mol. The number of aromatic nitrogens is 3. The van der Waals surface area contributed by atoms with Crippen molar-refractivity contribution < 1.29 is 0 Å². The molecule has 2 saturated heterocycles. The average molecular weight is 305 g/mol. The summed E-state index contributed by atoms with van der Waals surface area (Å²) in [5.74, 6) is 1.74. The van der Waals surface area contributed by atoms with Crippen LogP contribution in [0.5, 0.6) is 0 Å². The molecule has 5 heteroatoms. The molecule has 4 heterocycles. The van der Waals surface area contributed by atoms with E-state index in [1.165, 1.54) is 11.8 Å². The lowest BCUT2D eigenvalue weighted by molar-refractivity contribution is 0.472. The predicted molar refractivity (Wildman–Crippen MR) is 91.4 cm³/mol. The van der Waals surface area contributed by atoms with Gasteiger partial charge in [-0.05, 0) is 24.5 Å². The molecular formula is C18H19N5. The first-order chi connectivity index (χ1) is 11.4. The first kappa shape index (κ1) is 13.1. The summed E-state index contributed by atoms with van der Waals surface area (Å²) in [6.07, 6.45) is 7.03. The second kappa shape index (κ2) is 5.06. The van der Waals surface area contributed by atoms with Crippen molar-refractivity contribution in [3.8, 4) is 11.3 Å². The van der Waals surface area contributed by atoms with E-state index in [1.54, 1.807) is 0 Å². The zero-order valence-electron chi connectivity index (χ0n) is 12.9. The number of H-pyrrole nitrogens is 1. The molecule has 2 aromatic heterocycles. The molecule has 116 valence electrons. The van der Waals surface area contributed by atoms with Gasteiger partial charge in [0.1, 0.15) is 5.82 Å². The Kier molecular flexibility index (Phi) is 2.88. The topological polar surface area (TPSA) is 56.8 Å². The van der Waals surface area contributed by atoms with Gasteiger partial charge in [0.25, 0.3) is 0 Å².